The van der Waals surface area contributed by atoms with Gasteiger partial charge in [-0.15, -0.1) is 10.2 Å². The minimum absolute atomic E-state index is 0.115. The van der Waals surface area contributed by atoms with Gasteiger partial charge in [0.1, 0.15) is 11.6 Å². The van der Waals surface area contributed by atoms with Crippen LogP contribution in [-0.2, 0) is 4.74 Å². The second-order valence-electron chi connectivity index (χ2n) is 6.74. The van der Waals surface area contributed by atoms with Gasteiger partial charge in [0.05, 0.1) is 11.8 Å². The fraction of sp³-hybridized carbons (Fsp3) is 0.227. The standard InChI is InChI=1S/C22H20FN3O3/c23-17-7-9-18(10-8-17)29-21-12-11-20(25-26-21)15-3-5-16(6-4-15)22(27)24-14-19-2-1-13-28-19/h3-12,19H,1-2,13-14H2,(H,24,27)/t19-/m1/s1. The molecule has 1 fully saturated rings. The van der Waals surface area contributed by atoms with Crippen molar-refractivity contribution in [2.75, 3.05) is 13.2 Å². The van der Waals surface area contributed by atoms with Gasteiger partial charge in [0, 0.05) is 30.3 Å². The third-order valence-corrected chi connectivity index (χ3v) is 4.63. The molecule has 0 radical (unpaired) electrons. The van der Waals surface area contributed by atoms with Gasteiger partial charge in [-0.2, -0.15) is 0 Å². The lowest BCUT2D eigenvalue weighted by atomic mass is 10.1. The van der Waals surface area contributed by atoms with Crippen LogP contribution in [0.5, 0.6) is 11.6 Å². The predicted molar refractivity (Wildman–Crippen MR) is 105 cm³/mol. The molecule has 0 spiro atoms. The van der Waals surface area contributed by atoms with Crippen molar-refractivity contribution in [2.24, 2.45) is 0 Å². The minimum atomic E-state index is -0.331. The maximum atomic E-state index is 12.9. The fourth-order valence-electron chi connectivity index (χ4n) is 3.06. The average molecular weight is 393 g/mol. The lowest BCUT2D eigenvalue weighted by Crippen LogP contribution is -2.31. The molecule has 6 nitrogen and oxygen atoms in total. The maximum Gasteiger partial charge on any atom is 0.251 e. The number of rotatable bonds is 6. The van der Waals surface area contributed by atoms with E-state index in [0.29, 0.717) is 29.4 Å². The van der Waals surface area contributed by atoms with Crippen LogP contribution in [0.25, 0.3) is 11.3 Å². The Hall–Kier alpha value is -3.32. The highest BCUT2D eigenvalue weighted by molar-refractivity contribution is 5.94. The Kier molecular flexibility index (Phi) is 5.76. The molecule has 7 heteroatoms. The number of aromatic nitrogens is 2. The highest BCUT2D eigenvalue weighted by atomic mass is 19.1. The molecule has 0 bridgehead atoms. The molecule has 148 valence electrons. The van der Waals surface area contributed by atoms with Crippen LogP contribution in [0.3, 0.4) is 0 Å². The summed E-state index contributed by atoms with van der Waals surface area (Å²) in [5.41, 5.74) is 2.07. The Balaban J connectivity index is 1.36. The van der Waals surface area contributed by atoms with Crippen LogP contribution in [0.1, 0.15) is 23.2 Å². The number of ether oxygens (including phenoxy) is 2. The number of benzene rings is 2. The minimum Gasteiger partial charge on any atom is -0.438 e. The van der Waals surface area contributed by atoms with Crippen LogP contribution in [0.15, 0.2) is 60.7 Å². The van der Waals surface area contributed by atoms with Crippen LogP contribution >= 0.6 is 0 Å². The van der Waals surface area contributed by atoms with E-state index in [2.05, 4.69) is 15.5 Å². The SMILES string of the molecule is O=C(NC[C@H]1CCCO1)c1ccc(-c2ccc(Oc3ccc(F)cc3)nn2)cc1. The second kappa shape index (κ2) is 8.79. The Bertz CT molecular complexity index is 954. The number of hydrogen-bond donors (Lipinski definition) is 1. The van der Waals surface area contributed by atoms with Crippen molar-refractivity contribution in [1.29, 1.82) is 0 Å². The second-order valence-corrected chi connectivity index (χ2v) is 6.74. The molecule has 0 aliphatic carbocycles. The largest absolute Gasteiger partial charge is 0.438 e. The van der Waals surface area contributed by atoms with Crippen LogP contribution in [0, 0.1) is 5.82 Å². The highest BCUT2D eigenvalue weighted by Crippen LogP contribution is 2.22. The topological polar surface area (TPSA) is 73.3 Å². The number of nitrogens with one attached hydrogen (secondary N) is 1. The van der Waals surface area contributed by atoms with Crippen LogP contribution in [-0.4, -0.2) is 35.4 Å². The molecule has 1 aliphatic rings. The molecule has 4 rings (SSSR count). The molecule has 0 saturated carbocycles. The molecule has 1 amide bonds. The van der Waals surface area contributed by atoms with Crippen molar-refractivity contribution in [3.05, 3.63) is 72.0 Å². The average Bonchev–Trinajstić information content (AvgIpc) is 3.28. The van der Waals surface area contributed by atoms with Crippen molar-refractivity contribution >= 4 is 5.91 Å². The van der Waals surface area contributed by atoms with Gasteiger partial charge >= 0.3 is 0 Å². The number of amides is 1. The lowest BCUT2D eigenvalue weighted by molar-refractivity contribution is 0.0858. The van der Waals surface area contributed by atoms with Crippen molar-refractivity contribution in [3.8, 4) is 22.9 Å². The van der Waals surface area contributed by atoms with Crippen molar-refractivity contribution in [3.63, 3.8) is 0 Å². The summed E-state index contributed by atoms with van der Waals surface area (Å²) in [5, 5.41) is 11.1. The molecule has 2 aromatic carbocycles. The van der Waals surface area contributed by atoms with E-state index < -0.39 is 0 Å². The van der Waals surface area contributed by atoms with E-state index in [9.17, 15) is 9.18 Å². The summed E-state index contributed by atoms with van der Waals surface area (Å²) in [6.07, 6.45) is 2.15. The number of carbonyl (C=O) groups excluding carboxylic acids is 1. The first kappa shape index (κ1) is 19.0. The fourth-order valence-corrected chi connectivity index (χ4v) is 3.06. The Labute approximate surface area is 167 Å². The van der Waals surface area contributed by atoms with E-state index >= 15 is 0 Å². The van der Waals surface area contributed by atoms with Gasteiger partial charge in [-0.25, -0.2) is 4.39 Å². The molecular formula is C22H20FN3O3. The molecule has 0 unspecified atom stereocenters. The number of halogens is 1. The molecule has 1 atom stereocenters. The van der Waals surface area contributed by atoms with Crippen LogP contribution < -0.4 is 10.1 Å². The van der Waals surface area contributed by atoms with Gasteiger partial charge in [-0.05, 0) is 55.3 Å². The van der Waals surface area contributed by atoms with E-state index in [1.54, 1.807) is 24.3 Å². The third kappa shape index (κ3) is 4.94. The van der Waals surface area contributed by atoms with E-state index in [4.69, 9.17) is 9.47 Å². The van der Waals surface area contributed by atoms with Gasteiger partial charge in [-0.1, -0.05) is 12.1 Å². The smallest absolute Gasteiger partial charge is 0.251 e. The molecule has 2 heterocycles. The third-order valence-electron chi connectivity index (χ3n) is 4.63. The normalized spacial score (nSPS) is 15.8. The highest BCUT2D eigenvalue weighted by Gasteiger charge is 2.16. The van der Waals surface area contributed by atoms with Crippen LogP contribution in [0.4, 0.5) is 4.39 Å². The Morgan fingerprint density at radius 1 is 1.07 bits per heavy atom. The van der Waals surface area contributed by atoms with E-state index in [0.717, 1.165) is 25.0 Å². The summed E-state index contributed by atoms with van der Waals surface area (Å²) in [4.78, 5) is 12.3. The first-order chi connectivity index (χ1) is 14.2. The van der Waals surface area contributed by atoms with Crippen molar-refractivity contribution in [1.82, 2.24) is 15.5 Å². The van der Waals surface area contributed by atoms with Gasteiger partial charge in [-0.3, -0.25) is 4.79 Å². The maximum absolute atomic E-state index is 12.9. The zero-order valence-electron chi connectivity index (χ0n) is 15.7. The first-order valence-electron chi connectivity index (χ1n) is 9.45. The summed E-state index contributed by atoms with van der Waals surface area (Å²) in [5.74, 6) is 0.335. The summed E-state index contributed by atoms with van der Waals surface area (Å²) in [7, 11) is 0. The molecule has 1 saturated heterocycles. The Morgan fingerprint density at radius 2 is 1.86 bits per heavy atom. The molecule has 29 heavy (non-hydrogen) atoms. The zero-order chi connectivity index (χ0) is 20.1. The van der Waals surface area contributed by atoms with E-state index in [-0.39, 0.29) is 17.8 Å². The zero-order valence-corrected chi connectivity index (χ0v) is 15.7. The number of nitrogens with zero attached hydrogens (tertiary/aromatic N) is 2. The van der Waals surface area contributed by atoms with Crippen molar-refractivity contribution in [2.45, 2.75) is 18.9 Å². The summed E-state index contributed by atoms with van der Waals surface area (Å²) in [6, 6.07) is 16.3. The lowest BCUT2D eigenvalue weighted by Gasteiger charge is -2.11. The van der Waals surface area contributed by atoms with E-state index in [1.807, 2.05) is 12.1 Å². The summed E-state index contributed by atoms with van der Waals surface area (Å²) in [6.45, 7) is 1.30. The summed E-state index contributed by atoms with van der Waals surface area (Å²) < 4.78 is 24.0. The number of carbonyl (C=O) groups is 1. The van der Waals surface area contributed by atoms with Gasteiger partial charge in [0.2, 0.25) is 5.88 Å². The van der Waals surface area contributed by atoms with Crippen LogP contribution in [0.2, 0.25) is 0 Å². The molecule has 1 aliphatic heterocycles. The number of hydrogen-bond acceptors (Lipinski definition) is 5. The quantitative estimate of drug-likeness (QED) is 0.686. The van der Waals surface area contributed by atoms with Crippen molar-refractivity contribution < 1.29 is 18.7 Å². The predicted octanol–water partition coefficient (Wildman–Crippen LogP) is 3.98. The molecule has 3 aromatic rings. The molecule has 1 N–H and O–H groups in total. The van der Waals surface area contributed by atoms with Gasteiger partial charge < -0.3 is 14.8 Å². The Morgan fingerprint density at radius 3 is 2.52 bits per heavy atom. The molecular weight excluding hydrogens is 373 g/mol. The van der Waals surface area contributed by atoms with Gasteiger partial charge in [0.25, 0.3) is 5.91 Å². The monoisotopic (exact) mass is 393 g/mol. The summed E-state index contributed by atoms with van der Waals surface area (Å²) >= 11 is 0. The van der Waals surface area contributed by atoms with Gasteiger partial charge in [0.15, 0.2) is 0 Å². The first-order valence-corrected chi connectivity index (χ1v) is 9.45. The molecule has 1 aromatic heterocycles. The van der Waals surface area contributed by atoms with E-state index in [1.165, 1.54) is 24.3 Å².